The number of aromatic nitrogens is 1. The van der Waals surface area contributed by atoms with Gasteiger partial charge < -0.3 is 15.7 Å². The van der Waals surface area contributed by atoms with E-state index in [-0.39, 0.29) is 18.2 Å². The molecule has 98 valence electrons. The summed E-state index contributed by atoms with van der Waals surface area (Å²) in [5.74, 6) is -1.27. The Morgan fingerprint density at radius 3 is 2.72 bits per heavy atom. The second kappa shape index (κ2) is 6.00. The van der Waals surface area contributed by atoms with Gasteiger partial charge in [-0.3, -0.25) is 9.59 Å². The van der Waals surface area contributed by atoms with Gasteiger partial charge in [-0.1, -0.05) is 6.92 Å². The van der Waals surface area contributed by atoms with E-state index in [1.165, 1.54) is 6.20 Å². The average Bonchev–Trinajstić information content (AvgIpc) is 2.34. The largest absolute Gasteiger partial charge is 0.480 e. The lowest BCUT2D eigenvalue weighted by Gasteiger charge is -2.29. The second-order valence-electron chi connectivity index (χ2n) is 4.02. The zero-order valence-corrected chi connectivity index (χ0v) is 10.5. The molecule has 0 aromatic carbocycles. The summed E-state index contributed by atoms with van der Waals surface area (Å²) in [4.78, 5) is 27.9. The van der Waals surface area contributed by atoms with Crippen LogP contribution in [0.5, 0.6) is 0 Å². The van der Waals surface area contributed by atoms with Crippen LogP contribution in [0.15, 0.2) is 18.3 Å². The molecule has 1 amide bonds. The number of aliphatic carboxylic acids is 1. The molecular weight excluding hydrogens is 234 g/mol. The molecule has 0 aliphatic rings. The smallest absolute Gasteiger partial charge is 0.323 e. The molecule has 1 aromatic heterocycles. The number of primary amides is 1. The topological polar surface area (TPSA) is 96.5 Å². The van der Waals surface area contributed by atoms with Crippen molar-refractivity contribution >= 4 is 17.7 Å². The Hall–Kier alpha value is -2.11. The van der Waals surface area contributed by atoms with Crippen LogP contribution in [0.2, 0.25) is 0 Å². The molecule has 1 aromatic rings. The summed E-state index contributed by atoms with van der Waals surface area (Å²) in [6.07, 6.45) is 2.25. The first kappa shape index (κ1) is 14.0. The highest BCUT2D eigenvalue weighted by Crippen LogP contribution is 2.20. The second-order valence-corrected chi connectivity index (χ2v) is 4.02. The Morgan fingerprint density at radius 2 is 2.22 bits per heavy atom. The van der Waals surface area contributed by atoms with Crippen molar-refractivity contribution in [1.82, 2.24) is 4.98 Å². The molecule has 1 unspecified atom stereocenters. The van der Waals surface area contributed by atoms with E-state index in [2.05, 4.69) is 4.98 Å². The third-order valence-electron chi connectivity index (χ3n) is 2.75. The maximum atomic E-state index is 11.3. The summed E-state index contributed by atoms with van der Waals surface area (Å²) in [5, 5.41) is 8.93. The summed E-state index contributed by atoms with van der Waals surface area (Å²) in [7, 11) is 0. The molecule has 0 bridgehead atoms. The van der Waals surface area contributed by atoms with E-state index in [1.54, 1.807) is 17.0 Å². The first-order valence-corrected chi connectivity index (χ1v) is 5.70. The molecule has 1 atom stereocenters. The fourth-order valence-electron chi connectivity index (χ4n) is 1.62. The van der Waals surface area contributed by atoms with E-state index in [9.17, 15) is 9.59 Å². The van der Waals surface area contributed by atoms with Crippen molar-refractivity contribution in [3.8, 4) is 0 Å². The number of hydrogen-bond donors (Lipinski definition) is 2. The molecule has 0 saturated heterocycles. The summed E-state index contributed by atoms with van der Waals surface area (Å²) in [5.41, 5.74) is 5.51. The molecule has 6 nitrogen and oxygen atoms in total. The molecule has 0 aliphatic heterocycles. The highest BCUT2D eigenvalue weighted by Gasteiger charge is 2.21. The number of nitrogens with zero attached hydrogens (tertiary/aromatic N) is 2. The first-order chi connectivity index (χ1) is 8.47. The Labute approximate surface area is 105 Å². The number of pyridine rings is 1. The first-order valence-electron chi connectivity index (χ1n) is 5.70. The highest BCUT2D eigenvalue weighted by molar-refractivity contribution is 5.98. The minimum absolute atomic E-state index is 0.0471. The molecule has 0 radical (unpaired) electrons. The van der Waals surface area contributed by atoms with E-state index in [0.717, 1.165) is 6.42 Å². The van der Waals surface area contributed by atoms with Gasteiger partial charge in [0.1, 0.15) is 12.4 Å². The van der Waals surface area contributed by atoms with Gasteiger partial charge in [0.05, 0.1) is 5.56 Å². The van der Waals surface area contributed by atoms with Crippen LogP contribution in [-0.4, -0.2) is 34.6 Å². The third-order valence-corrected chi connectivity index (χ3v) is 2.75. The molecule has 1 rings (SSSR count). The Balaban J connectivity index is 3.19. The van der Waals surface area contributed by atoms with Crippen LogP contribution in [0.3, 0.4) is 0 Å². The average molecular weight is 251 g/mol. The van der Waals surface area contributed by atoms with Gasteiger partial charge in [0.25, 0.3) is 5.91 Å². The minimum atomic E-state index is -0.976. The SMILES string of the molecule is CCC(C)N(CC(=O)O)c1ncccc1C(N)=O. The van der Waals surface area contributed by atoms with Gasteiger partial charge in [-0.05, 0) is 25.5 Å². The number of amides is 1. The van der Waals surface area contributed by atoms with E-state index >= 15 is 0 Å². The number of anilines is 1. The lowest BCUT2D eigenvalue weighted by molar-refractivity contribution is -0.135. The van der Waals surface area contributed by atoms with Crippen LogP contribution in [-0.2, 0) is 4.79 Å². The van der Waals surface area contributed by atoms with Crippen molar-refractivity contribution < 1.29 is 14.7 Å². The highest BCUT2D eigenvalue weighted by atomic mass is 16.4. The number of rotatable bonds is 6. The standard InChI is InChI=1S/C12H17N3O3/c1-3-8(2)15(7-10(16)17)12-9(11(13)18)5-4-6-14-12/h4-6,8H,3,7H2,1-2H3,(H2,13,18)(H,16,17). The van der Waals surface area contributed by atoms with Crippen LogP contribution < -0.4 is 10.6 Å². The van der Waals surface area contributed by atoms with Crippen molar-refractivity contribution in [3.05, 3.63) is 23.9 Å². The Kier molecular flexibility index (Phi) is 4.65. The van der Waals surface area contributed by atoms with Gasteiger partial charge in [-0.25, -0.2) is 4.98 Å². The van der Waals surface area contributed by atoms with Crippen molar-refractivity contribution in [2.75, 3.05) is 11.4 Å². The van der Waals surface area contributed by atoms with E-state index < -0.39 is 11.9 Å². The van der Waals surface area contributed by atoms with Gasteiger partial charge in [0.15, 0.2) is 0 Å². The zero-order valence-electron chi connectivity index (χ0n) is 10.5. The van der Waals surface area contributed by atoms with Gasteiger partial charge in [-0.2, -0.15) is 0 Å². The molecule has 0 spiro atoms. The van der Waals surface area contributed by atoms with E-state index in [4.69, 9.17) is 10.8 Å². The lowest BCUT2D eigenvalue weighted by atomic mass is 10.1. The summed E-state index contributed by atoms with van der Waals surface area (Å²) in [6, 6.07) is 3.09. The number of carboxylic acids is 1. The van der Waals surface area contributed by atoms with Crippen LogP contribution in [0.25, 0.3) is 0 Å². The maximum Gasteiger partial charge on any atom is 0.323 e. The molecule has 3 N–H and O–H groups in total. The van der Waals surface area contributed by atoms with Crippen molar-refractivity contribution in [3.63, 3.8) is 0 Å². The van der Waals surface area contributed by atoms with Gasteiger partial charge in [0.2, 0.25) is 0 Å². The van der Waals surface area contributed by atoms with Crippen LogP contribution in [0.1, 0.15) is 30.6 Å². The molecule has 0 fully saturated rings. The van der Waals surface area contributed by atoms with Gasteiger partial charge in [-0.15, -0.1) is 0 Å². The molecule has 18 heavy (non-hydrogen) atoms. The number of hydrogen-bond acceptors (Lipinski definition) is 4. The Bertz CT molecular complexity index is 448. The summed E-state index contributed by atoms with van der Waals surface area (Å²) < 4.78 is 0. The lowest BCUT2D eigenvalue weighted by Crippen LogP contribution is -2.39. The molecular formula is C12H17N3O3. The normalized spacial score (nSPS) is 11.9. The minimum Gasteiger partial charge on any atom is -0.480 e. The monoisotopic (exact) mass is 251 g/mol. The van der Waals surface area contributed by atoms with Crippen LogP contribution in [0, 0.1) is 0 Å². The van der Waals surface area contributed by atoms with Gasteiger partial charge >= 0.3 is 5.97 Å². The Morgan fingerprint density at radius 1 is 1.56 bits per heavy atom. The number of carbonyl (C=O) groups excluding carboxylic acids is 1. The maximum absolute atomic E-state index is 11.3. The molecule has 0 saturated carbocycles. The quantitative estimate of drug-likeness (QED) is 0.782. The van der Waals surface area contributed by atoms with E-state index in [1.807, 2.05) is 13.8 Å². The van der Waals surface area contributed by atoms with Crippen molar-refractivity contribution in [2.45, 2.75) is 26.3 Å². The molecule has 6 heteroatoms. The molecule has 1 heterocycles. The zero-order chi connectivity index (χ0) is 13.7. The fourth-order valence-corrected chi connectivity index (χ4v) is 1.62. The van der Waals surface area contributed by atoms with Crippen molar-refractivity contribution in [2.24, 2.45) is 5.73 Å². The molecule has 0 aliphatic carbocycles. The summed E-state index contributed by atoms with van der Waals surface area (Å²) in [6.45, 7) is 3.60. The van der Waals surface area contributed by atoms with Crippen LogP contribution in [0.4, 0.5) is 5.82 Å². The predicted molar refractivity (Wildman–Crippen MR) is 67.5 cm³/mol. The predicted octanol–water partition coefficient (Wildman–Crippen LogP) is 0.870. The number of carbonyl (C=O) groups is 2. The fraction of sp³-hybridized carbons (Fsp3) is 0.417. The summed E-state index contributed by atoms with van der Waals surface area (Å²) >= 11 is 0. The van der Waals surface area contributed by atoms with Gasteiger partial charge in [0, 0.05) is 12.2 Å². The van der Waals surface area contributed by atoms with Crippen molar-refractivity contribution in [1.29, 1.82) is 0 Å². The van der Waals surface area contributed by atoms with Crippen LogP contribution >= 0.6 is 0 Å². The van der Waals surface area contributed by atoms with E-state index in [0.29, 0.717) is 5.82 Å². The number of carboxylic acid groups (broad SMARTS) is 1. The third kappa shape index (κ3) is 3.19. The number of nitrogens with two attached hydrogens (primary N) is 1.